The van der Waals surface area contributed by atoms with Crippen LogP contribution in [0.25, 0.3) is 0 Å². The minimum absolute atomic E-state index is 0.00231. The Labute approximate surface area is 56.7 Å². The van der Waals surface area contributed by atoms with Crippen molar-refractivity contribution in [2.45, 2.75) is 6.92 Å². The molecule has 4 heteroatoms. The fourth-order valence-electron chi connectivity index (χ4n) is 0.429. The third kappa shape index (κ3) is 1.16. The van der Waals surface area contributed by atoms with Gasteiger partial charge < -0.3 is 0 Å². The molecule has 0 radical (unpaired) electrons. The summed E-state index contributed by atoms with van der Waals surface area (Å²) in [4.78, 5) is 6.89. The summed E-state index contributed by atoms with van der Waals surface area (Å²) in [6.45, 7) is 1.62. The quantitative estimate of drug-likeness (QED) is 0.520. The van der Waals surface area contributed by atoms with Crippen LogP contribution in [0.5, 0.6) is 0 Å². The molecular weight excluding hydrogens is 143 g/mol. The highest BCUT2D eigenvalue weighted by atomic mass is 35.5. The summed E-state index contributed by atoms with van der Waals surface area (Å²) >= 11 is 5.38. The zero-order valence-electron chi connectivity index (χ0n) is 4.73. The number of aromatic nitrogens is 2. The van der Waals surface area contributed by atoms with Crippen LogP contribution in [0.1, 0.15) is 5.69 Å². The van der Waals surface area contributed by atoms with Crippen LogP contribution in [0.15, 0.2) is 6.33 Å². The van der Waals surface area contributed by atoms with Gasteiger partial charge in [0.15, 0.2) is 0 Å². The Morgan fingerprint density at radius 3 is 2.67 bits per heavy atom. The summed E-state index contributed by atoms with van der Waals surface area (Å²) in [5.41, 5.74) is 0.462. The Kier molecular flexibility index (Phi) is 1.62. The van der Waals surface area contributed by atoms with Gasteiger partial charge in [0.1, 0.15) is 11.3 Å². The van der Waals surface area contributed by atoms with Crippen molar-refractivity contribution in [1.29, 1.82) is 0 Å². The summed E-state index contributed by atoms with van der Waals surface area (Å²) in [7, 11) is 0. The van der Waals surface area contributed by atoms with Gasteiger partial charge in [-0.15, -0.1) is 0 Å². The van der Waals surface area contributed by atoms with Crippen molar-refractivity contribution < 1.29 is 4.39 Å². The van der Waals surface area contributed by atoms with E-state index < -0.39 is 5.95 Å². The molecule has 0 saturated heterocycles. The maximum atomic E-state index is 12.3. The van der Waals surface area contributed by atoms with Gasteiger partial charge in [-0.25, -0.2) is 9.97 Å². The molecule has 0 fully saturated rings. The van der Waals surface area contributed by atoms with Gasteiger partial charge in [0.05, 0.1) is 5.69 Å². The molecule has 1 aromatic rings. The Bertz CT molecular complexity index is 206. The number of aryl methyl sites for hydroxylation is 1. The number of halogens is 2. The summed E-state index contributed by atoms with van der Waals surface area (Å²) in [5.74, 6) is -0.663. The van der Waals surface area contributed by atoms with Gasteiger partial charge in [-0.3, -0.25) is 0 Å². The first kappa shape index (κ1) is 6.42. The molecule has 9 heavy (non-hydrogen) atoms. The van der Waals surface area contributed by atoms with Crippen LogP contribution in [-0.2, 0) is 0 Å². The van der Waals surface area contributed by atoms with E-state index in [1.165, 1.54) is 0 Å². The second-order valence-corrected chi connectivity index (χ2v) is 1.94. The van der Waals surface area contributed by atoms with Gasteiger partial charge in [0.2, 0.25) is 5.95 Å². The predicted molar refractivity (Wildman–Crippen MR) is 31.7 cm³/mol. The highest BCUT2D eigenvalue weighted by Gasteiger charge is 2.01. The lowest BCUT2D eigenvalue weighted by molar-refractivity contribution is 0.578. The average molecular weight is 147 g/mol. The monoisotopic (exact) mass is 146 g/mol. The van der Waals surface area contributed by atoms with E-state index in [1.807, 2.05) is 0 Å². The van der Waals surface area contributed by atoms with Crippen LogP contribution in [0, 0.1) is 12.9 Å². The molecule has 1 aromatic heterocycles. The first-order valence-electron chi connectivity index (χ1n) is 2.34. The molecular formula is C5H4ClFN2. The Morgan fingerprint density at radius 2 is 2.22 bits per heavy atom. The van der Waals surface area contributed by atoms with E-state index in [1.54, 1.807) is 6.92 Å². The van der Waals surface area contributed by atoms with E-state index in [2.05, 4.69) is 9.97 Å². The van der Waals surface area contributed by atoms with Crippen LogP contribution in [0.4, 0.5) is 4.39 Å². The smallest absolute Gasteiger partial charge is 0.234 e. The molecule has 2 nitrogen and oxygen atoms in total. The zero-order valence-corrected chi connectivity index (χ0v) is 5.48. The van der Waals surface area contributed by atoms with Crippen LogP contribution < -0.4 is 0 Å². The highest BCUT2D eigenvalue weighted by molar-refractivity contribution is 6.31. The van der Waals surface area contributed by atoms with Gasteiger partial charge >= 0.3 is 0 Å². The van der Waals surface area contributed by atoms with Crippen LogP contribution in [-0.4, -0.2) is 9.97 Å². The van der Waals surface area contributed by atoms with Crippen molar-refractivity contribution in [1.82, 2.24) is 9.97 Å². The number of rotatable bonds is 0. The lowest BCUT2D eigenvalue weighted by Gasteiger charge is -1.93. The molecule has 0 aliphatic heterocycles. The van der Waals surface area contributed by atoms with E-state index in [-0.39, 0.29) is 5.02 Å². The number of hydrogen-bond donors (Lipinski definition) is 0. The van der Waals surface area contributed by atoms with Crippen molar-refractivity contribution in [2.75, 3.05) is 0 Å². The van der Waals surface area contributed by atoms with Crippen LogP contribution in [0.2, 0.25) is 5.02 Å². The predicted octanol–water partition coefficient (Wildman–Crippen LogP) is 1.58. The summed E-state index contributed by atoms with van der Waals surface area (Å²) < 4.78 is 12.3. The first-order chi connectivity index (χ1) is 4.22. The van der Waals surface area contributed by atoms with E-state index in [0.717, 1.165) is 6.33 Å². The molecule has 0 aliphatic rings. The summed E-state index contributed by atoms with van der Waals surface area (Å²) in [5, 5.41) is -0.00231. The molecule has 0 saturated carbocycles. The molecule has 0 unspecified atom stereocenters. The fourth-order valence-corrected chi connectivity index (χ4v) is 0.526. The van der Waals surface area contributed by atoms with E-state index in [9.17, 15) is 4.39 Å². The normalized spacial score (nSPS) is 9.67. The van der Waals surface area contributed by atoms with E-state index in [0.29, 0.717) is 5.69 Å². The molecule has 48 valence electrons. The van der Waals surface area contributed by atoms with E-state index in [4.69, 9.17) is 11.6 Å². The molecule has 0 amide bonds. The third-order valence-corrected chi connectivity index (χ3v) is 1.35. The topological polar surface area (TPSA) is 25.8 Å². The first-order valence-corrected chi connectivity index (χ1v) is 2.72. The van der Waals surface area contributed by atoms with Crippen LogP contribution in [0.3, 0.4) is 0 Å². The lowest BCUT2D eigenvalue weighted by atomic mass is 10.4. The molecule has 0 bridgehead atoms. The number of nitrogens with zero attached hydrogens (tertiary/aromatic N) is 2. The van der Waals surface area contributed by atoms with Gasteiger partial charge in [-0.2, -0.15) is 4.39 Å². The molecule has 0 atom stereocenters. The van der Waals surface area contributed by atoms with Crippen molar-refractivity contribution in [3.63, 3.8) is 0 Å². The zero-order chi connectivity index (χ0) is 6.85. The molecule has 0 aromatic carbocycles. The lowest BCUT2D eigenvalue weighted by Crippen LogP contribution is -1.89. The Morgan fingerprint density at radius 1 is 1.56 bits per heavy atom. The van der Waals surface area contributed by atoms with Gasteiger partial charge in [-0.1, -0.05) is 11.6 Å². The van der Waals surface area contributed by atoms with E-state index >= 15 is 0 Å². The fraction of sp³-hybridized carbons (Fsp3) is 0.200. The average Bonchev–Trinajstić information content (AvgIpc) is 1.83. The van der Waals surface area contributed by atoms with Gasteiger partial charge in [-0.05, 0) is 6.92 Å². The van der Waals surface area contributed by atoms with Crippen molar-refractivity contribution in [3.8, 4) is 0 Å². The summed E-state index contributed by atoms with van der Waals surface area (Å²) in [6.07, 6.45) is 1.14. The summed E-state index contributed by atoms with van der Waals surface area (Å²) in [6, 6.07) is 0. The second-order valence-electron chi connectivity index (χ2n) is 1.56. The largest absolute Gasteiger partial charge is 0.240 e. The molecule has 0 N–H and O–H groups in total. The maximum absolute atomic E-state index is 12.3. The van der Waals surface area contributed by atoms with Crippen molar-refractivity contribution >= 4 is 11.6 Å². The molecule has 1 rings (SSSR count). The van der Waals surface area contributed by atoms with Crippen LogP contribution >= 0.6 is 11.6 Å². The standard InChI is InChI=1S/C5H4ClFN2/c1-3-4(6)5(7)9-2-8-3/h2H,1H3. The molecule has 0 spiro atoms. The Hall–Kier alpha value is -0.700. The molecule has 0 aliphatic carbocycles. The maximum Gasteiger partial charge on any atom is 0.234 e. The van der Waals surface area contributed by atoms with Crippen molar-refractivity contribution in [2.24, 2.45) is 0 Å². The highest BCUT2D eigenvalue weighted by Crippen LogP contribution is 2.12. The van der Waals surface area contributed by atoms with Gasteiger partial charge in [0, 0.05) is 0 Å². The third-order valence-electron chi connectivity index (χ3n) is 0.921. The Balaban J connectivity index is 3.25. The minimum Gasteiger partial charge on any atom is -0.240 e. The van der Waals surface area contributed by atoms with Crippen molar-refractivity contribution in [3.05, 3.63) is 23.0 Å². The minimum atomic E-state index is -0.663. The number of hydrogen-bond acceptors (Lipinski definition) is 2. The molecule has 1 heterocycles. The SMILES string of the molecule is Cc1ncnc(F)c1Cl. The second kappa shape index (κ2) is 2.27. The van der Waals surface area contributed by atoms with Gasteiger partial charge in [0.25, 0.3) is 0 Å².